The Morgan fingerprint density at radius 3 is 2.40 bits per heavy atom. The van der Waals surface area contributed by atoms with Crippen LogP contribution in [0.2, 0.25) is 0 Å². The largest absolute Gasteiger partial charge is 0.463 e. The molecular weight excluding hydrogens is 256 g/mol. The Bertz CT molecular complexity index is 160. The van der Waals surface area contributed by atoms with E-state index in [9.17, 15) is 4.79 Å². The van der Waals surface area contributed by atoms with Gasteiger partial charge in [0.15, 0.2) is 0 Å². The maximum Gasteiger partial charge on any atom is 0.306 e. The third-order valence-electron chi connectivity index (χ3n) is 2.42. The molecule has 0 amide bonds. The van der Waals surface area contributed by atoms with E-state index in [1.54, 1.807) is 0 Å². The van der Waals surface area contributed by atoms with Gasteiger partial charge in [0.25, 0.3) is 0 Å². The van der Waals surface area contributed by atoms with Gasteiger partial charge in [0.2, 0.25) is 0 Å². The van der Waals surface area contributed by atoms with E-state index in [2.05, 4.69) is 15.9 Å². The second kappa shape index (κ2) is 10.5. The molecule has 0 aromatic carbocycles. The van der Waals surface area contributed by atoms with E-state index in [0.717, 1.165) is 24.6 Å². The first-order valence-electron chi connectivity index (χ1n) is 5.96. The highest BCUT2D eigenvalue weighted by Gasteiger charge is 2.06. The molecule has 0 fully saturated rings. The summed E-state index contributed by atoms with van der Waals surface area (Å²) in [6.45, 7) is 3.96. The molecule has 0 aliphatic heterocycles. The number of esters is 1. The van der Waals surface area contributed by atoms with Crippen molar-refractivity contribution in [1.29, 1.82) is 0 Å². The summed E-state index contributed by atoms with van der Waals surface area (Å²) in [4.78, 5) is 11.3. The lowest BCUT2D eigenvalue weighted by Gasteiger charge is -2.10. The van der Waals surface area contributed by atoms with E-state index in [1.807, 2.05) is 13.8 Å². The summed E-state index contributed by atoms with van der Waals surface area (Å²) < 4.78 is 5.18. The fraction of sp³-hybridized carbons (Fsp3) is 0.917. The van der Waals surface area contributed by atoms with Gasteiger partial charge in [-0.25, -0.2) is 0 Å². The minimum absolute atomic E-state index is 0.0372. The minimum atomic E-state index is -0.0372. The van der Waals surface area contributed by atoms with Gasteiger partial charge in [-0.2, -0.15) is 0 Å². The molecule has 0 spiro atoms. The van der Waals surface area contributed by atoms with Crippen LogP contribution in [0.4, 0.5) is 0 Å². The first kappa shape index (κ1) is 14.9. The second-order valence-electron chi connectivity index (χ2n) is 3.92. The van der Waals surface area contributed by atoms with Crippen LogP contribution in [0.25, 0.3) is 0 Å². The van der Waals surface area contributed by atoms with E-state index >= 15 is 0 Å². The van der Waals surface area contributed by atoms with Crippen LogP contribution in [-0.2, 0) is 9.53 Å². The Morgan fingerprint density at radius 2 is 1.80 bits per heavy atom. The molecule has 0 saturated carbocycles. The average Bonchev–Trinajstić information content (AvgIpc) is 2.23. The highest BCUT2D eigenvalue weighted by atomic mass is 79.9. The van der Waals surface area contributed by atoms with Gasteiger partial charge >= 0.3 is 5.97 Å². The van der Waals surface area contributed by atoms with Gasteiger partial charge < -0.3 is 4.74 Å². The van der Waals surface area contributed by atoms with Crippen molar-refractivity contribution in [3.63, 3.8) is 0 Å². The molecule has 3 heteroatoms. The van der Waals surface area contributed by atoms with Crippen LogP contribution >= 0.6 is 15.9 Å². The third kappa shape index (κ3) is 10.2. The third-order valence-corrected chi connectivity index (χ3v) is 2.98. The van der Waals surface area contributed by atoms with E-state index in [1.165, 1.54) is 19.3 Å². The molecule has 1 unspecified atom stereocenters. The second-order valence-corrected chi connectivity index (χ2v) is 4.71. The molecule has 0 bridgehead atoms. The van der Waals surface area contributed by atoms with Crippen LogP contribution in [0.15, 0.2) is 0 Å². The summed E-state index contributed by atoms with van der Waals surface area (Å²) in [5.74, 6) is -0.0372. The van der Waals surface area contributed by atoms with Gasteiger partial charge in [0, 0.05) is 11.8 Å². The Balaban J connectivity index is 3.24. The highest BCUT2D eigenvalue weighted by molar-refractivity contribution is 9.09. The van der Waals surface area contributed by atoms with E-state index < -0.39 is 0 Å². The number of alkyl halides is 1. The van der Waals surface area contributed by atoms with Gasteiger partial charge in [-0.15, -0.1) is 0 Å². The molecule has 0 saturated heterocycles. The number of hydrogen-bond acceptors (Lipinski definition) is 2. The van der Waals surface area contributed by atoms with Crippen LogP contribution in [-0.4, -0.2) is 17.4 Å². The number of halogens is 1. The Hall–Kier alpha value is -0.0500. The minimum Gasteiger partial charge on any atom is -0.463 e. The lowest BCUT2D eigenvalue weighted by Crippen LogP contribution is -2.13. The Morgan fingerprint density at radius 1 is 1.20 bits per heavy atom. The molecule has 90 valence electrons. The first-order chi connectivity index (χ1) is 7.20. The van der Waals surface area contributed by atoms with E-state index in [4.69, 9.17) is 4.74 Å². The smallest absolute Gasteiger partial charge is 0.306 e. The van der Waals surface area contributed by atoms with Crippen molar-refractivity contribution in [2.75, 3.05) is 5.33 Å². The zero-order valence-corrected chi connectivity index (χ0v) is 11.5. The van der Waals surface area contributed by atoms with Crippen LogP contribution in [0.5, 0.6) is 0 Å². The quantitative estimate of drug-likeness (QED) is 0.361. The normalized spacial score (nSPS) is 12.5. The molecule has 2 nitrogen and oxygen atoms in total. The van der Waals surface area contributed by atoms with Gasteiger partial charge in [-0.05, 0) is 26.2 Å². The van der Waals surface area contributed by atoms with Crippen molar-refractivity contribution in [3.05, 3.63) is 0 Å². The van der Waals surface area contributed by atoms with Crippen molar-refractivity contribution < 1.29 is 9.53 Å². The fourth-order valence-electron chi connectivity index (χ4n) is 1.26. The molecule has 1 atom stereocenters. The maximum atomic E-state index is 11.3. The van der Waals surface area contributed by atoms with Crippen LogP contribution < -0.4 is 0 Å². The molecule has 0 radical (unpaired) electrons. The van der Waals surface area contributed by atoms with E-state index in [0.29, 0.717) is 6.42 Å². The van der Waals surface area contributed by atoms with Crippen molar-refractivity contribution in [3.8, 4) is 0 Å². The van der Waals surface area contributed by atoms with Crippen LogP contribution in [0.1, 0.15) is 58.8 Å². The number of hydrogen-bond donors (Lipinski definition) is 0. The monoisotopic (exact) mass is 278 g/mol. The molecular formula is C12H23BrO2. The zero-order valence-electron chi connectivity index (χ0n) is 9.93. The van der Waals surface area contributed by atoms with E-state index in [-0.39, 0.29) is 12.1 Å². The molecule has 0 aliphatic carbocycles. The summed E-state index contributed by atoms with van der Waals surface area (Å²) in [6.07, 6.45) is 7.38. The lowest BCUT2D eigenvalue weighted by molar-refractivity contribution is -0.148. The lowest BCUT2D eigenvalue weighted by atomic mass is 10.1. The summed E-state index contributed by atoms with van der Waals surface area (Å²) in [7, 11) is 0. The molecule has 0 rings (SSSR count). The van der Waals surface area contributed by atoms with Gasteiger partial charge in [-0.1, -0.05) is 42.1 Å². The van der Waals surface area contributed by atoms with Gasteiger partial charge in [0.05, 0.1) is 6.10 Å². The molecule has 0 aromatic heterocycles. The highest BCUT2D eigenvalue weighted by Crippen LogP contribution is 2.08. The number of carbonyl (C=O) groups excluding carboxylic acids is 1. The summed E-state index contributed by atoms with van der Waals surface area (Å²) in [5, 5.41) is 1.09. The maximum absolute atomic E-state index is 11.3. The number of unbranched alkanes of at least 4 members (excludes halogenated alkanes) is 4. The number of ether oxygens (including phenoxy) is 1. The predicted molar refractivity (Wildman–Crippen MR) is 67.3 cm³/mol. The van der Waals surface area contributed by atoms with Crippen molar-refractivity contribution in [2.24, 2.45) is 0 Å². The van der Waals surface area contributed by atoms with Crippen molar-refractivity contribution in [1.82, 2.24) is 0 Å². The average molecular weight is 279 g/mol. The number of rotatable bonds is 9. The molecule has 0 N–H and O–H groups in total. The molecule has 0 heterocycles. The topological polar surface area (TPSA) is 26.3 Å². The van der Waals surface area contributed by atoms with Crippen molar-refractivity contribution in [2.45, 2.75) is 64.9 Å². The van der Waals surface area contributed by atoms with Crippen LogP contribution in [0, 0.1) is 0 Å². The summed E-state index contributed by atoms with van der Waals surface area (Å²) >= 11 is 3.40. The first-order valence-corrected chi connectivity index (χ1v) is 7.08. The van der Waals surface area contributed by atoms with Crippen LogP contribution in [0.3, 0.4) is 0 Å². The standard InChI is InChI=1S/C12H23BrO2/c1-3-11(2)15-12(14)9-7-5-4-6-8-10-13/h11H,3-10H2,1-2H3. The SMILES string of the molecule is CCC(C)OC(=O)CCCCCCCBr. The summed E-state index contributed by atoms with van der Waals surface area (Å²) in [6, 6.07) is 0. The Kier molecular flexibility index (Phi) is 10.4. The molecule has 0 aromatic rings. The zero-order chi connectivity index (χ0) is 11.5. The van der Waals surface area contributed by atoms with Crippen molar-refractivity contribution >= 4 is 21.9 Å². The fourth-order valence-corrected chi connectivity index (χ4v) is 1.66. The van der Waals surface area contributed by atoms with Gasteiger partial charge in [-0.3, -0.25) is 4.79 Å². The molecule has 15 heavy (non-hydrogen) atoms. The molecule has 0 aliphatic rings. The van der Waals surface area contributed by atoms with Gasteiger partial charge in [0.1, 0.15) is 0 Å². The Labute approximate surface area is 102 Å². The summed E-state index contributed by atoms with van der Waals surface area (Å²) in [5.41, 5.74) is 0. The predicted octanol–water partition coefficient (Wildman–Crippen LogP) is 4.06. The number of carbonyl (C=O) groups is 1.